The van der Waals surface area contributed by atoms with E-state index in [1.807, 2.05) is 6.08 Å². The number of fused-ring (bicyclic) bond motifs is 1. The smallest absolute Gasteiger partial charge is 0.239 e. The fraction of sp³-hybridized carbons (Fsp3) is 0.429. The molecule has 3 heterocycles. The molecule has 0 bridgehead atoms. The number of aromatic hydroxyl groups is 1. The van der Waals surface area contributed by atoms with E-state index in [-0.39, 0.29) is 24.1 Å². The number of anilines is 1. The Morgan fingerprint density at radius 3 is 3.00 bits per heavy atom. The summed E-state index contributed by atoms with van der Waals surface area (Å²) in [5, 5.41) is 22.9. The van der Waals surface area contributed by atoms with Crippen LogP contribution in [-0.2, 0) is 15.0 Å². The minimum atomic E-state index is -1.38. The molecule has 6 nitrogen and oxygen atoms in total. The first-order valence-corrected chi connectivity index (χ1v) is 9.30. The third kappa shape index (κ3) is 1.65. The van der Waals surface area contributed by atoms with Gasteiger partial charge >= 0.3 is 0 Å². The Bertz CT molecular complexity index is 925. The van der Waals surface area contributed by atoms with E-state index in [4.69, 9.17) is 0 Å². The quantitative estimate of drug-likeness (QED) is 0.427. The van der Waals surface area contributed by atoms with Crippen LogP contribution in [0.2, 0.25) is 0 Å². The molecule has 1 amide bonds. The number of Topliss-reactive ketones (excluding diaryl/α,β-unsaturated/α-hetero) is 1. The molecule has 1 aliphatic carbocycles. The van der Waals surface area contributed by atoms with Gasteiger partial charge in [-0.2, -0.15) is 0 Å². The number of aliphatic hydroxyl groups excluding tert-OH is 1. The minimum Gasteiger partial charge on any atom is -0.508 e. The van der Waals surface area contributed by atoms with Gasteiger partial charge in [0.2, 0.25) is 5.91 Å². The highest BCUT2D eigenvalue weighted by atomic mass is 16.3. The standard InChI is InChI=1S/C21H22N2O4/c1-2-19-6-3-8-23-9-7-20(17(19)23)14-10-13(25)4-5-15(14)22-18(27)21(20,12-19)16(26)11-24/h2-6,10,17,24-25H,1,7-9,11-12H2,(H,22,27). The Labute approximate surface area is 157 Å². The number of rotatable bonds is 3. The first kappa shape index (κ1) is 16.7. The number of hydrogen-bond acceptors (Lipinski definition) is 5. The van der Waals surface area contributed by atoms with Crippen molar-refractivity contribution in [2.24, 2.45) is 10.8 Å². The minimum absolute atomic E-state index is 0.102. The lowest BCUT2D eigenvalue weighted by atomic mass is 9.55. The van der Waals surface area contributed by atoms with E-state index in [1.54, 1.807) is 18.2 Å². The zero-order valence-electron chi connectivity index (χ0n) is 14.9. The van der Waals surface area contributed by atoms with Crippen LogP contribution in [0.3, 0.4) is 0 Å². The average molecular weight is 366 g/mol. The van der Waals surface area contributed by atoms with Crippen molar-refractivity contribution >= 4 is 17.4 Å². The number of aliphatic hydroxyl groups is 1. The van der Waals surface area contributed by atoms with Crippen LogP contribution in [0.1, 0.15) is 18.4 Å². The van der Waals surface area contributed by atoms with E-state index in [0.717, 1.165) is 18.7 Å². The molecule has 1 spiro atoms. The average Bonchev–Trinajstić information content (AvgIpc) is 3.20. The number of phenols is 1. The molecule has 0 radical (unpaired) electrons. The summed E-state index contributed by atoms with van der Waals surface area (Å²) < 4.78 is 0. The fourth-order valence-electron chi connectivity index (χ4n) is 6.51. The Morgan fingerprint density at radius 1 is 1.44 bits per heavy atom. The van der Waals surface area contributed by atoms with E-state index in [0.29, 0.717) is 12.1 Å². The number of nitrogens with one attached hydrogen (secondary N) is 1. The van der Waals surface area contributed by atoms with Crippen LogP contribution in [0.4, 0.5) is 5.69 Å². The van der Waals surface area contributed by atoms with Crippen molar-refractivity contribution in [2.75, 3.05) is 25.0 Å². The molecular formula is C21H22N2O4. The summed E-state index contributed by atoms with van der Waals surface area (Å²) in [5.74, 6) is -0.712. The van der Waals surface area contributed by atoms with Crippen LogP contribution in [0, 0.1) is 10.8 Å². The molecule has 5 rings (SSSR count). The number of phenolic OH excluding ortho intramolecular Hbond substituents is 1. The van der Waals surface area contributed by atoms with E-state index < -0.39 is 28.6 Å². The zero-order valence-corrected chi connectivity index (χ0v) is 14.9. The summed E-state index contributed by atoms with van der Waals surface area (Å²) in [5.41, 5.74) is -1.30. The van der Waals surface area contributed by atoms with Crippen LogP contribution < -0.4 is 5.32 Å². The molecule has 4 atom stereocenters. The number of amides is 1. The van der Waals surface area contributed by atoms with Crippen molar-refractivity contribution in [3.63, 3.8) is 0 Å². The topological polar surface area (TPSA) is 89.9 Å². The number of benzene rings is 1. The van der Waals surface area contributed by atoms with Crippen LogP contribution >= 0.6 is 0 Å². The number of ketones is 1. The first-order valence-electron chi connectivity index (χ1n) is 9.30. The summed E-state index contributed by atoms with van der Waals surface area (Å²) in [7, 11) is 0. The van der Waals surface area contributed by atoms with Crippen molar-refractivity contribution in [3.05, 3.63) is 48.6 Å². The number of carbonyl (C=O) groups excluding carboxylic acids is 2. The molecule has 4 aliphatic rings. The number of carbonyl (C=O) groups is 2. The van der Waals surface area contributed by atoms with Crippen LogP contribution in [0.15, 0.2) is 43.0 Å². The van der Waals surface area contributed by atoms with Crippen LogP contribution in [0.25, 0.3) is 0 Å². The van der Waals surface area contributed by atoms with E-state index in [1.165, 1.54) is 0 Å². The zero-order chi connectivity index (χ0) is 19.0. The highest BCUT2D eigenvalue weighted by Crippen LogP contribution is 2.71. The van der Waals surface area contributed by atoms with Gasteiger partial charge in [-0.1, -0.05) is 18.2 Å². The Kier molecular flexibility index (Phi) is 3.15. The number of nitrogens with zero attached hydrogens (tertiary/aromatic N) is 1. The fourth-order valence-corrected chi connectivity index (χ4v) is 6.51. The highest BCUT2D eigenvalue weighted by Gasteiger charge is 2.78. The van der Waals surface area contributed by atoms with Gasteiger partial charge in [-0.25, -0.2) is 0 Å². The van der Waals surface area contributed by atoms with Gasteiger partial charge < -0.3 is 15.5 Å². The summed E-state index contributed by atoms with van der Waals surface area (Å²) in [6.07, 6.45) is 6.90. The maximum absolute atomic E-state index is 13.4. The van der Waals surface area contributed by atoms with Crippen molar-refractivity contribution in [2.45, 2.75) is 24.3 Å². The van der Waals surface area contributed by atoms with Crippen LogP contribution in [-0.4, -0.2) is 52.5 Å². The SMILES string of the molecule is C=CC12C=CCN3CCC4(c5cc(O)ccc5NC(=O)C4(C(=O)CO)C1)C32. The Morgan fingerprint density at radius 2 is 2.26 bits per heavy atom. The second-order valence-electron chi connectivity index (χ2n) is 8.19. The lowest BCUT2D eigenvalue weighted by molar-refractivity contribution is -0.146. The lowest BCUT2D eigenvalue weighted by Crippen LogP contribution is -2.61. The van der Waals surface area contributed by atoms with Crippen molar-refractivity contribution in [1.82, 2.24) is 4.90 Å². The molecule has 4 unspecified atom stereocenters. The molecule has 27 heavy (non-hydrogen) atoms. The third-order valence-corrected chi connectivity index (χ3v) is 7.35. The Hall–Kier alpha value is -2.44. The van der Waals surface area contributed by atoms with Gasteiger partial charge in [-0.15, -0.1) is 6.58 Å². The number of hydrogen-bond donors (Lipinski definition) is 3. The van der Waals surface area contributed by atoms with Gasteiger partial charge in [0.25, 0.3) is 0 Å². The van der Waals surface area contributed by atoms with Crippen LogP contribution in [0.5, 0.6) is 5.75 Å². The molecular weight excluding hydrogens is 344 g/mol. The highest BCUT2D eigenvalue weighted by molar-refractivity contribution is 6.16. The summed E-state index contributed by atoms with van der Waals surface area (Å²) in [6.45, 7) is 4.86. The molecule has 0 aromatic heterocycles. The molecule has 1 aromatic rings. The van der Waals surface area contributed by atoms with Gasteiger partial charge in [-0.05, 0) is 43.1 Å². The van der Waals surface area contributed by atoms with Gasteiger partial charge in [0, 0.05) is 29.1 Å². The summed E-state index contributed by atoms with van der Waals surface area (Å²) in [6, 6.07) is 4.80. The molecule has 3 aliphatic heterocycles. The largest absolute Gasteiger partial charge is 0.508 e. The predicted molar refractivity (Wildman–Crippen MR) is 99.3 cm³/mol. The Balaban J connectivity index is 1.90. The van der Waals surface area contributed by atoms with Gasteiger partial charge in [0.05, 0.1) is 0 Å². The second kappa shape index (κ2) is 5.09. The van der Waals surface area contributed by atoms with Gasteiger partial charge in [0.15, 0.2) is 5.78 Å². The molecule has 1 saturated carbocycles. The van der Waals surface area contributed by atoms with Gasteiger partial charge in [0.1, 0.15) is 17.8 Å². The predicted octanol–water partition coefficient (Wildman–Crippen LogP) is 1.35. The first-order chi connectivity index (χ1) is 12.9. The third-order valence-electron chi connectivity index (χ3n) is 7.35. The van der Waals surface area contributed by atoms with Crippen molar-refractivity contribution < 1.29 is 19.8 Å². The second-order valence-corrected chi connectivity index (χ2v) is 8.19. The maximum atomic E-state index is 13.4. The van der Waals surface area contributed by atoms with Crippen molar-refractivity contribution in [3.8, 4) is 5.75 Å². The molecule has 6 heteroatoms. The lowest BCUT2D eigenvalue weighted by Gasteiger charge is -2.49. The molecule has 2 fully saturated rings. The summed E-state index contributed by atoms with van der Waals surface area (Å²) >= 11 is 0. The van der Waals surface area contributed by atoms with E-state index in [9.17, 15) is 19.8 Å². The normalized spacial score (nSPS) is 38.7. The molecule has 1 aromatic carbocycles. The maximum Gasteiger partial charge on any atom is 0.239 e. The monoisotopic (exact) mass is 366 g/mol. The van der Waals surface area contributed by atoms with E-state index >= 15 is 0 Å². The molecule has 1 saturated heterocycles. The van der Waals surface area contributed by atoms with Crippen molar-refractivity contribution in [1.29, 1.82) is 0 Å². The molecule has 140 valence electrons. The molecule has 3 N–H and O–H groups in total. The van der Waals surface area contributed by atoms with E-state index in [2.05, 4.69) is 28.9 Å². The summed E-state index contributed by atoms with van der Waals surface area (Å²) in [4.78, 5) is 29.0. The van der Waals surface area contributed by atoms with Gasteiger partial charge in [-0.3, -0.25) is 14.5 Å².